The Bertz CT molecular complexity index is 873. The Morgan fingerprint density at radius 3 is 2.25 bits per heavy atom. The van der Waals surface area contributed by atoms with Gasteiger partial charge in [-0.3, -0.25) is 4.79 Å². The van der Waals surface area contributed by atoms with Crippen molar-refractivity contribution in [3.63, 3.8) is 0 Å². The van der Waals surface area contributed by atoms with Crippen LogP contribution in [-0.2, 0) is 0 Å². The average Bonchev–Trinajstić information content (AvgIpc) is 2.72. The topological polar surface area (TPSA) is 80.0 Å². The maximum atomic E-state index is 13.2. The fourth-order valence-electron chi connectivity index (χ4n) is 2.90. The first-order valence-electron chi connectivity index (χ1n) is 9.07. The van der Waals surface area contributed by atoms with Crippen LogP contribution < -0.4 is 24.7 Å². The molecule has 0 radical (unpaired) electrons. The lowest BCUT2D eigenvalue weighted by Crippen LogP contribution is -2.07. The number of nitrogen functional groups attached to an aromatic ring is 1. The Morgan fingerprint density at radius 1 is 0.964 bits per heavy atom. The molecule has 28 heavy (non-hydrogen) atoms. The largest absolute Gasteiger partial charge is 0.493 e. The van der Waals surface area contributed by atoms with Crippen LogP contribution >= 0.6 is 0 Å². The minimum Gasteiger partial charge on any atom is -0.493 e. The smallest absolute Gasteiger partial charge is 0.204 e. The summed E-state index contributed by atoms with van der Waals surface area (Å²) in [5.74, 6) is 1.69. The summed E-state index contributed by atoms with van der Waals surface area (Å²) in [6.45, 7) is 4.34. The molecule has 2 aromatic carbocycles. The number of Topliss-reactive ketones (excluding diaryl/α,β-unsaturated/α-hetero) is 1. The molecule has 6 heteroatoms. The highest BCUT2D eigenvalue weighted by Gasteiger charge is 2.22. The van der Waals surface area contributed by atoms with Gasteiger partial charge in [0.1, 0.15) is 5.75 Å². The maximum absolute atomic E-state index is 13.2. The minimum absolute atomic E-state index is 0.143. The number of allylic oxidation sites excluding steroid dienone is 1. The van der Waals surface area contributed by atoms with Crippen LogP contribution in [-0.4, -0.2) is 33.7 Å². The van der Waals surface area contributed by atoms with E-state index < -0.39 is 0 Å². The van der Waals surface area contributed by atoms with Gasteiger partial charge in [-0.1, -0.05) is 13.0 Å². The molecule has 2 rings (SSSR count). The lowest BCUT2D eigenvalue weighted by Gasteiger charge is -2.16. The van der Waals surface area contributed by atoms with Crippen molar-refractivity contribution in [2.24, 2.45) is 0 Å². The summed E-state index contributed by atoms with van der Waals surface area (Å²) < 4.78 is 21.7. The summed E-state index contributed by atoms with van der Waals surface area (Å²) in [5.41, 5.74) is 8.36. The minimum atomic E-state index is -0.143. The van der Waals surface area contributed by atoms with E-state index in [2.05, 4.69) is 0 Å². The molecule has 0 fully saturated rings. The Hall–Kier alpha value is -3.15. The van der Waals surface area contributed by atoms with Crippen molar-refractivity contribution in [3.05, 3.63) is 47.0 Å². The van der Waals surface area contributed by atoms with E-state index in [0.717, 1.165) is 5.56 Å². The van der Waals surface area contributed by atoms with E-state index in [0.29, 0.717) is 52.8 Å². The lowest BCUT2D eigenvalue weighted by atomic mass is 9.97. The van der Waals surface area contributed by atoms with Crippen LogP contribution in [0.15, 0.2) is 35.9 Å². The predicted molar refractivity (Wildman–Crippen MR) is 111 cm³/mol. The van der Waals surface area contributed by atoms with Gasteiger partial charge in [0.15, 0.2) is 17.3 Å². The lowest BCUT2D eigenvalue weighted by molar-refractivity contribution is 0.102. The molecule has 150 valence electrons. The number of carbonyl (C=O) groups excluding carboxylic acids is 1. The van der Waals surface area contributed by atoms with Gasteiger partial charge in [-0.25, -0.2) is 0 Å². The molecule has 2 aromatic rings. The predicted octanol–water partition coefficient (Wildman–Crippen LogP) is 4.37. The number of rotatable bonds is 9. The summed E-state index contributed by atoms with van der Waals surface area (Å²) in [5, 5.41) is 0. The van der Waals surface area contributed by atoms with Crippen molar-refractivity contribution in [1.82, 2.24) is 0 Å². The third-order valence-electron chi connectivity index (χ3n) is 4.30. The Labute approximate surface area is 165 Å². The highest BCUT2D eigenvalue weighted by Crippen LogP contribution is 2.40. The van der Waals surface area contributed by atoms with Crippen molar-refractivity contribution < 1.29 is 23.7 Å². The van der Waals surface area contributed by atoms with Crippen LogP contribution in [0.5, 0.6) is 23.0 Å². The molecule has 0 amide bonds. The summed E-state index contributed by atoms with van der Waals surface area (Å²) in [6, 6.07) is 8.82. The standard InChI is InChI=1S/C22H27NO5/c1-6-15(12-14-8-10-17(23)19(13-14)28-7-2)20(24)16-9-11-18(25-3)22(27-5)21(16)26-4/h8-13H,6-7,23H2,1-5H3. The van der Waals surface area contributed by atoms with E-state index in [1.807, 2.05) is 32.1 Å². The van der Waals surface area contributed by atoms with Crippen molar-refractivity contribution >= 4 is 17.5 Å². The number of benzene rings is 2. The SMILES string of the molecule is CCOc1cc(C=C(CC)C(=O)c2ccc(OC)c(OC)c2OC)ccc1N. The second-order valence-corrected chi connectivity index (χ2v) is 5.96. The summed E-state index contributed by atoms with van der Waals surface area (Å²) >= 11 is 0. The van der Waals surface area contributed by atoms with E-state index in [4.69, 9.17) is 24.7 Å². The molecular formula is C22H27NO5. The fraction of sp³-hybridized carbons (Fsp3) is 0.318. The van der Waals surface area contributed by atoms with Gasteiger partial charge in [0.25, 0.3) is 0 Å². The zero-order valence-corrected chi connectivity index (χ0v) is 17.0. The third kappa shape index (κ3) is 4.39. The number of hydrogen-bond donors (Lipinski definition) is 1. The molecule has 0 heterocycles. The van der Waals surface area contributed by atoms with Gasteiger partial charge in [0, 0.05) is 5.57 Å². The van der Waals surface area contributed by atoms with Gasteiger partial charge in [-0.15, -0.1) is 0 Å². The molecular weight excluding hydrogens is 358 g/mol. The second-order valence-electron chi connectivity index (χ2n) is 5.96. The Kier molecular flexibility index (Phi) is 7.32. The number of nitrogens with two attached hydrogens (primary N) is 1. The molecule has 6 nitrogen and oxygen atoms in total. The van der Waals surface area contributed by atoms with E-state index in [1.54, 1.807) is 18.2 Å². The summed E-state index contributed by atoms with van der Waals surface area (Å²) in [4.78, 5) is 13.2. The number of ether oxygens (including phenoxy) is 4. The molecule has 0 aromatic heterocycles. The fourth-order valence-corrected chi connectivity index (χ4v) is 2.90. The highest BCUT2D eigenvalue weighted by molar-refractivity contribution is 6.13. The third-order valence-corrected chi connectivity index (χ3v) is 4.30. The Balaban J connectivity index is 2.49. The zero-order chi connectivity index (χ0) is 20.7. The number of anilines is 1. The molecule has 0 saturated carbocycles. The van der Waals surface area contributed by atoms with Gasteiger partial charge in [-0.2, -0.15) is 0 Å². The van der Waals surface area contributed by atoms with Crippen molar-refractivity contribution in [3.8, 4) is 23.0 Å². The second kappa shape index (κ2) is 9.69. The van der Waals surface area contributed by atoms with Crippen LogP contribution in [0.3, 0.4) is 0 Å². The molecule has 0 unspecified atom stereocenters. The number of carbonyl (C=O) groups is 1. The quantitative estimate of drug-likeness (QED) is 0.392. The summed E-state index contributed by atoms with van der Waals surface area (Å²) in [7, 11) is 4.54. The average molecular weight is 385 g/mol. The van der Waals surface area contributed by atoms with Crippen LogP contribution in [0.4, 0.5) is 5.69 Å². The van der Waals surface area contributed by atoms with Crippen LogP contribution in [0.25, 0.3) is 6.08 Å². The van der Waals surface area contributed by atoms with Crippen LogP contribution in [0, 0.1) is 0 Å². The zero-order valence-electron chi connectivity index (χ0n) is 17.0. The van der Waals surface area contributed by atoms with E-state index in [-0.39, 0.29) is 5.78 Å². The van der Waals surface area contributed by atoms with E-state index in [1.165, 1.54) is 21.3 Å². The normalized spacial score (nSPS) is 11.1. The molecule has 2 N–H and O–H groups in total. The van der Waals surface area contributed by atoms with Crippen LogP contribution in [0.1, 0.15) is 36.2 Å². The first kappa shape index (κ1) is 21.2. The molecule has 0 saturated heterocycles. The number of hydrogen-bond acceptors (Lipinski definition) is 6. The number of methoxy groups -OCH3 is 3. The molecule has 0 aliphatic rings. The Morgan fingerprint density at radius 2 is 1.68 bits per heavy atom. The van der Waals surface area contributed by atoms with Crippen molar-refractivity contribution in [2.45, 2.75) is 20.3 Å². The molecule has 0 spiro atoms. The van der Waals surface area contributed by atoms with E-state index >= 15 is 0 Å². The monoisotopic (exact) mass is 385 g/mol. The van der Waals surface area contributed by atoms with Gasteiger partial charge in [-0.05, 0) is 49.2 Å². The van der Waals surface area contributed by atoms with Gasteiger partial charge < -0.3 is 24.7 Å². The van der Waals surface area contributed by atoms with Crippen molar-refractivity contribution in [2.75, 3.05) is 33.7 Å². The molecule has 0 aliphatic heterocycles. The molecule has 0 aliphatic carbocycles. The number of ketones is 1. The summed E-state index contributed by atoms with van der Waals surface area (Å²) in [6.07, 6.45) is 2.38. The van der Waals surface area contributed by atoms with Gasteiger partial charge >= 0.3 is 0 Å². The molecule has 0 bridgehead atoms. The van der Waals surface area contributed by atoms with Crippen LogP contribution in [0.2, 0.25) is 0 Å². The van der Waals surface area contributed by atoms with E-state index in [9.17, 15) is 4.79 Å². The van der Waals surface area contributed by atoms with Gasteiger partial charge in [0.05, 0.1) is 39.2 Å². The highest BCUT2D eigenvalue weighted by atomic mass is 16.5. The molecule has 0 atom stereocenters. The van der Waals surface area contributed by atoms with Gasteiger partial charge in [0.2, 0.25) is 5.75 Å². The maximum Gasteiger partial charge on any atom is 0.204 e. The first-order valence-corrected chi connectivity index (χ1v) is 9.07. The first-order chi connectivity index (χ1) is 13.5. The van der Waals surface area contributed by atoms with Crippen molar-refractivity contribution in [1.29, 1.82) is 0 Å².